The van der Waals surface area contributed by atoms with E-state index < -0.39 is 0 Å². The van der Waals surface area contributed by atoms with Gasteiger partial charge in [0.25, 0.3) is 0 Å². The maximum atomic E-state index is 12.9. The van der Waals surface area contributed by atoms with Gasteiger partial charge in [-0.1, -0.05) is 47.0 Å². The van der Waals surface area contributed by atoms with Crippen LogP contribution in [0.25, 0.3) is 0 Å². The molecular formula is C17H30N2O2. The first kappa shape index (κ1) is 16.3. The molecule has 2 aliphatic rings. The van der Waals surface area contributed by atoms with Crippen molar-refractivity contribution in [3.8, 4) is 0 Å². The highest BCUT2D eigenvalue weighted by molar-refractivity contribution is 5.97. The van der Waals surface area contributed by atoms with E-state index in [0.717, 1.165) is 25.7 Å². The number of hydrogen-bond acceptors (Lipinski definition) is 2. The van der Waals surface area contributed by atoms with Gasteiger partial charge in [-0.15, -0.1) is 0 Å². The van der Waals surface area contributed by atoms with Gasteiger partial charge in [0.1, 0.15) is 12.1 Å². The average Bonchev–Trinajstić information content (AvgIpc) is 2.46. The van der Waals surface area contributed by atoms with Crippen LogP contribution in [0.3, 0.4) is 0 Å². The molecule has 4 heteroatoms. The van der Waals surface area contributed by atoms with E-state index in [1.807, 2.05) is 11.8 Å². The third-order valence-corrected chi connectivity index (χ3v) is 5.49. The van der Waals surface area contributed by atoms with E-state index in [-0.39, 0.29) is 29.9 Å². The molecule has 0 radical (unpaired) electrons. The third-order valence-electron chi connectivity index (χ3n) is 5.49. The number of amides is 2. The summed E-state index contributed by atoms with van der Waals surface area (Å²) in [6, 6.07) is -0.352. The summed E-state index contributed by atoms with van der Waals surface area (Å²) >= 11 is 0. The van der Waals surface area contributed by atoms with E-state index in [0.29, 0.717) is 18.3 Å². The normalized spacial score (nSPS) is 37.5. The summed E-state index contributed by atoms with van der Waals surface area (Å²) in [5.74, 6) is 1.30. The van der Waals surface area contributed by atoms with Crippen molar-refractivity contribution in [2.24, 2.45) is 11.8 Å². The van der Waals surface area contributed by atoms with Gasteiger partial charge in [0.2, 0.25) is 11.8 Å². The summed E-state index contributed by atoms with van der Waals surface area (Å²) in [5, 5.41) is 2.93. The highest BCUT2D eigenvalue weighted by Gasteiger charge is 2.45. The summed E-state index contributed by atoms with van der Waals surface area (Å²) in [5.41, 5.74) is 0. The lowest BCUT2D eigenvalue weighted by molar-refractivity contribution is -0.155. The summed E-state index contributed by atoms with van der Waals surface area (Å²) in [7, 11) is 0. The summed E-state index contributed by atoms with van der Waals surface area (Å²) < 4.78 is 0. The largest absolute Gasteiger partial charge is 0.343 e. The highest BCUT2D eigenvalue weighted by Crippen LogP contribution is 2.35. The Labute approximate surface area is 128 Å². The number of nitrogens with zero attached hydrogens (tertiary/aromatic N) is 1. The van der Waals surface area contributed by atoms with Crippen molar-refractivity contribution in [3.63, 3.8) is 0 Å². The Bertz CT molecular complexity index is 396. The van der Waals surface area contributed by atoms with E-state index in [4.69, 9.17) is 0 Å². The summed E-state index contributed by atoms with van der Waals surface area (Å²) in [4.78, 5) is 27.2. The van der Waals surface area contributed by atoms with Crippen molar-refractivity contribution in [1.82, 2.24) is 10.2 Å². The van der Waals surface area contributed by atoms with Crippen molar-refractivity contribution in [2.45, 2.75) is 84.3 Å². The number of nitrogens with one attached hydrogen (secondary N) is 1. The predicted molar refractivity (Wildman–Crippen MR) is 83.7 cm³/mol. The summed E-state index contributed by atoms with van der Waals surface area (Å²) in [6.07, 6.45) is 5.80. The topological polar surface area (TPSA) is 49.4 Å². The van der Waals surface area contributed by atoms with Crippen molar-refractivity contribution in [3.05, 3.63) is 0 Å². The first-order valence-corrected chi connectivity index (χ1v) is 8.63. The van der Waals surface area contributed by atoms with E-state index in [2.05, 4.69) is 26.1 Å². The van der Waals surface area contributed by atoms with Crippen molar-refractivity contribution < 1.29 is 9.59 Å². The van der Waals surface area contributed by atoms with E-state index in [1.165, 1.54) is 6.42 Å². The minimum Gasteiger partial charge on any atom is -0.343 e. The van der Waals surface area contributed by atoms with Crippen LogP contribution < -0.4 is 5.32 Å². The van der Waals surface area contributed by atoms with E-state index in [9.17, 15) is 9.59 Å². The molecule has 4 nitrogen and oxygen atoms in total. The number of hydrogen-bond donors (Lipinski definition) is 1. The van der Waals surface area contributed by atoms with E-state index in [1.54, 1.807) is 0 Å². The predicted octanol–water partition coefficient (Wildman–Crippen LogP) is 2.72. The number of carbonyl (C=O) groups excluding carboxylic acids is 2. The number of piperazine rings is 1. The monoisotopic (exact) mass is 294 g/mol. The minimum absolute atomic E-state index is 0.0426. The Hall–Kier alpha value is -1.06. The van der Waals surface area contributed by atoms with Crippen LogP contribution in [-0.4, -0.2) is 34.8 Å². The fourth-order valence-corrected chi connectivity index (χ4v) is 4.00. The Morgan fingerprint density at radius 2 is 1.90 bits per heavy atom. The van der Waals surface area contributed by atoms with Gasteiger partial charge in [-0.3, -0.25) is 9.59 Å². The lowest BCUT2D eigenvalue weighted by atomic mass is 9.76. The zero-order valence-corrected chi connectivity index (χ0v) is 13.9. The van der Waals surface area contributed by atoms with Crippen LogP contribution >= 0.6 is 0 Å². The summed E-state index contributed by atoms with van der Waals surface area (Å²) in [6.45, 7) is 8.58. The molecule has 1 aliphatic heterocycles. The molecule has 21 heavy (non-hydrogen) atoms. The Morgan fingerprint density at radius 3 is 2.52 bits per heavy atom. The lowest BCUT2D eigenvalue weighted by Crippen LogP contribution is -2.67. The molecule has 1 aliphatic carbocycles. The van der Waals surface area contributed by atoms with Crippen LogP contribution in [0.1, 0.15) is 66.2 Å². The van der Waals surface area contributed by atoms with E-state index >= 15 is 0 Å². The first-order chi connectivity index (χ1) is 10.0. The average molecular weight is 294 g/mol. The molecule has 120 valence electrons. The van der Waals surface area contributed by atoms with Gasteiger partial charge in [0, 0.05) is 6.04 Å². The molecule has 1 heterocycles. The fraction of sp³-hybridized carbons (Fsp3) is 0.882. The Balaban J connectivity index is 2.26. The standard InChI is InChI=1S/C17H30N2O2/c1-5-8-13-17(21)19(14(6-2)16(20)18-13)15-10-7-9-11(3)12(15)4/h11-15H,5-10H2,1-4H3,(H,18,20). The van der Waals surface area contributed by atoms with Gasteiger partial charge in [-0.05, 0) is 31.1 Å². The molecule has 5 atom stereocenters. The second-order valence-corrected chi connectivity index (χ2v) is 6.85. The third kappa shape index (κ3) is 3.09. The van der Waals surface area contributed by atoms with Crippen LogP contribution in [0.4, 0.5) is 0 Å². The molecule has 1 saturated heterocycles. The van der Waals surface area contributed by atoms with Gasteiger partial charge in [-0.25, -0.2) is 0 Å². The second kappa shape index (κ2) is 6.80. The molecule has 0 bridgehead atoms. The van der Waals surface area contributed by atoms with Gasteiger partial charge in [0.05, 0.1) is 0 Å². The van der Waals surface area contributed by atoms with Crippen LogP contribution in [0.2, 0.25) is 0 Å². The first-order valence-electron chi connectivity index (χ1n) is 8.63. The molecule has 5 unspecified atom stereocenters. The van der Waals surface area contributed by atoms with Crippen molar-refractivity contribution >= 4 is 11.8 Å². The van der Waals surface area contributed by atoms with Crippen LogP contribution in [0.15, 0.2) is 0 Å². The molecule has 1 N–H and O–H groups in total. The quantitative estimate of drug-likeness (QED) is 0.866. The van der Waals surface area contributed by atoms with Crippen LogP contribution in [0, 0.1) is 11.8 Å². The Morgan fingerprint density at radius 1 is 1.19 bits per heavy atom. The number of carbonyl (C=O) groups is 2. The van der Waals surface area contributed by atoms with Crippen molar-refractivity contribution in [2.75, 3.05) is 0 Å². The van der Waals surface area contributed by atoms with Crippen molar-refractivity contribution in [1.29, 1.82) is 0 Å². The second-order valence-electron chi connectivity index (χ2n) is 6.85. The van der Waals surface area contributed by atoms with Crippen LogP contribution in [0.5, 0.6) is 0 Å². The minimum atomic E-state index is -0.310. The zero-order valence-electron chi connectivity index (χ0n) is 13.9. The lowest BCUT2D eigenvalue weighted by Gasteiger charge is -2.48. The van der Waals surface area contributed by atoms with Gasteiger partial charge >= 0.3 is 0 Å². The SMILES string of the molecule is CCCC1NC(=O)C(CC)N(C2CCCC(C)C2C)C1=O. The zero-order chi connectivity index (χ0) is 15.6. The van der Waals surface area contributed by atoms with Gasteiger partial charge < -0.3 is 10.2 Å². The molecule has 1 saturated carbocycles. The fourth-order valence-electron chi connectivity index (χ4n) is 4.00. The molecule has 0 aromatic rings. The Kier molecular flexibility index (Phi) is 5.28. The molecule has 0 aromatic carbocycles. The van der Waals surface area contributed by atoms with Gasteiger partial charge in [0.15, 0.2) is 0 Å². The highest BCUT2D eigenvalue weighted by atomic mass is 16.2. The molecule has 0 aromatic heterocycles. The molecule has 0 spiro atoms. The number of rotatable bonds is 4. The smallest absolute Gasteiger partial charge is 0.246 e. The van der Waals surface area contributed by atoms with Crippen LogP contribution in [-0.2, 0) is 9.59 Å². The molecule has 2 amide bonds. The molecular weight excluding hydrogens is 264 g/mol. The maximum Gasteiger partial charge on any atom is 0.246 e. The van der Waals surface area contributed by atoms with Gasteiger partial charge in [-0.2, -0.15) is 0 Å². The molecule has 2 fully saturated rings. The molecule has 2 rings (SSSR count). The maximum absolute atomic E-state index is 12.9.